The zero-order chi connectivity index (χ0) is 23.9. The number of alkyl halides is 3. The summed E-state index contributed by atoms with van der Waals surface area (Å²) in [5, 5.41) is 13.3. The smallest absolute Gasteiger partial charge is 0.433 e. The van der Waals surface area contributed by atoms with Gasteiger partial charge in [-0.1, -0.05) is 0 Å². The number of methoxy groups -OCH3 is 2. The number of ether oxygens (including phenoxy) is 3. The van der Waals surface area contributed by atoms with Gasteiger partial charge in [0, 0.05) is 5.56 Å². The molecule has 0 amide bonds. The fourth-order valence-corrected chi connectivity index (χ4v) is 2.44. The van der Waals surface area contributed by atoms with Crippen LogP contribution in [0.1, 0.15) is 19.5 Å². The Labute approximate surface area is 181 Å². The van der Waals surface area contributed by atoms with Gasteiger partial charge >= 0.3 is 12.1 Å². The number of carbonyl (C=O) groups is 1. The van der Waals surface area contributed by atoms with Crippen LogP contribution in [-0.4, -0.2) is 48.1 Å². The molecule has 0 bridgehead atoms. The zero-order valence-corrected chi connectivity index (χ0v) is 17.6. The summed E-state index contributed by atoms with van der Waals surface area (Å²) < 4.78 is 55.2. The number of nitrogens with zero attached hydrogens (tertiary/aromatic N) is 3. The molecule has 0 atom stereocenters. The van der Waals surface area contributed by atoms with Crippen LogP contribution in [0.15, 0.2) is 40.7 Å². The molecule has 2 rings (SSSR count). The van der Waals surface area contributed by atoms with E-state index in [-0.39, 0.29) is 23.6 Å². The summed E-state index contributed by atoms with van der Waals surface area (Å²) in [4.78, 5) is 19.3. The van der Waals surface area contributed by atoms with Crippen LogP contribution in [0.2, 0.25) is 0 Å². The van der Waals surface area contributed by atoms with E-state index in [1.54, 1.807) is 6.92 Å². The molecule has 172 valence electrons. The number of nitrogens with one attached hydrogen (secondary N) is 1. The van der Waals surface area contributed by atoms with Crippen molar-refractivity contribution in [2.45, 2.75) is 20.0 Å². The number of hydrogen-bond acceptors (Lipinski definition) is 9. The highest BCUT2D eigenvalue weighted by Crippen LogP contribution is 2.34. The van der Waals surface area contributed by atoms with E-state index in [0.29, 0.717) is 17.1 Å². The molecule has 0 spiro atoms. The van der Waals surface area contributed by atoms with Gasteiger partial charge in [0.1, 0.15) is 11.3 Å². The average Bonchev–Trinajstić information content (AvgIpc) is 2.75. The first-order chi connectivity index (χ1) is 15.1. The first-order valence-corrected chi connectivity index (χ1v) is 9.15. The molecule has 0 fully saturated rings. The van der Waals surface area contributed by atoms with Crippen LogP contribution >= 0.6 is 0 Å². The molecule has 0 radical (unpaired) electrons. The lowest BCUT2D eigenvalue weighted by atomic mass is 10.1. The number of aliphatic hydroxyl groups excluding tert-OH is 1. The predicted molar refractivity (Wildman–Crippen MR) is 110 cm³/mol. The Kier molecular flexibility index (Phi) is 7.99. The molecule has 0 saturated carbocycles. The minimum atomic E-state index is -4.76. The third kappa shape index (κ3) is 6.09. The van der Waals surface area contributed by atoms with E-state index in [9.17, 15) is 23.1 Å². The molecule has 0 unspecified atom stereocenters. The lowest BCUT2D eigenvalue weighted by Crippen LogP contribution is -2.13. The second-order valence-electron chi connectivity index (χ2n) is 6.12. The van der Waals surface area contributed by atoms with Crippen molar-refractivity contribution in [1.29, 1.82) is 0 Å². The van der Waals surface area contributed by atoms with Crippen molar-refractivity contribution in [2.75, 3.05) is 26.3 Å². The Morgan fingerprint density at radius 3 is 2.44 bits per heavy atom. The fraction of sp³-hybridized carbons (Fsp3) is 0.300. The maximum Gasteiger partial charge on any atom is 0.433 e. The maximum absolute atomic E-state index is 13.4. The monoisotopic (exact) mass is 454 g/mol. The molecular formula is C20H21F3N4O5. The van der Waals surface area contributed by atoms with Gasteiger partial charge in [-0.15, -0.1) is 0 Å². The third-order valence-electron chi connectivity index (χ3n) is 3.94. The van der Waals surface area contributed by atoms with Gasteiger partial charge in [-0.3, -0.25) is 0 Å². The summed E-state index contributed by atoms with van der Waals surface area (Å²) in [7, 11) is 2.82. The first-order valence-electron chi connectivity index (χ1n) is 9.15. The highest BCUT2D eigenvalue weighted by Gasteiger charge is 2.34. The van der Waals surface area contributed by atoms with Gasteiger partial charge in [0.25, 0.3) is 0 Å². The Bertz CT molecular complexity index is 1030. The number of aliphatic hydroxyl groups is 1. The van der Waals surface area contributed by atoms with Gasteiger partial charge in [0.2, 0.25) is 5.95 Å². The standard InChI is InChI=1S/C20H21F3N4O5/c1-5-32-18(29)13(11(2)28)10-24-27-19-25-14(9-17(26-19)20(21,22)23)12-6-7-15(30-3)16(8-12)31-4/h6-10,28H,5H2,1-4H3,(H,25,26,27)/b13-11-,24-10+. The molecule has 0 aliphatic rings. The van der Waals surface area contributed by atoms with Crippen molar-refractivity contribution in [3.8, 4) is 22.8 Å². The number of benzene rings is 1. The Hall–Kier alpha value is -3.83. The lowest BCUT2D eigenvalue weighted by Gasteiger charge is -2.12. The summed E-state index contributed by atoms with van der Waals surface area (Å²) in [6.07, 6.45) is -3.86. The molecule has 9 nitrogen and oxygen atoms in total. The predicted octanol–water partition coefficient (Wildman–Crippen LogP) is 3.97. The highest BCUT2D eigenvalue weighted by molar-refractivity contribution is 6.09. The number of carbonyl (C=O) groups excluding carboxylic acids is 1. The van der Waals surface area contributed by atoms with Crippen molar-refractivity contribution in [3.63, 3.8) is 0 Å². The van der Waals surface area contributed by atoms with Crippen molar-refractivity contribution in [3.05, 3.63) is 41.3 Å². The average molecular weight is 454 g/mol. The van der Waals surface area contributed by atoms with Crippen molar-refractivity contribution in [1.82, 2.24) is 9.97 Å². The summed E-state index contributed by atoms with van der Waals surface area (Å²) in [5.41, 5.74) is 0.982. The molecule has 0 aliphatic heterocycles. The van der Waals surface area contributed by atoms with Crippen molar-refractivity contribution < 1.29 is 37.3 Å². The topological polar surface area (TPSA) is 115 Å². The first kappa shape index (κ1) is 24.4. The SMILES string of the molecule is CCOC(=O)C(/C=N/Nc1nc(-c2ccc(OC)c(OC)c2)cc(C(F)(F)F)n1)=C(/C)O. The van der Waals surface area contributed by atoms with Crippen LogP contribution in [0.5, 0.6) is 11.5 Å². The van der Waals surface area contributed by atoms with E-state index in [1.807, 2.05) is 0 Å². The van der Waals surface area contributed by atoms with Gasteiger partial charge in [0.05, 0.1) is 32.7 Å². The Morgan fingerprint density at radius 2 is 1.88 bits per heavy atom. The largest absolute Gasteiger partial charge is 0.512 e. The van der Waals surface area contributed by atoms with Crippen molar-refractivity contribution in [2.24, 2.45) is 5.10 Å². The molecule has 32 heavy (non-hydrogen) atoms. The number of anilines is 1. The minimum absolute atomic E-state index is 0.0578. The number of esters is 1. The highest BCUT2D eigenvalue weighted by atomic mass is 19.4. The second-order valence-corrected chi connectivity index (χ2v) is 6.12. The number of halogens is 3. The third-order valence-corrected chi connectivity index (χ3v) is 3.94. The van der Waals surface area contributed by atoms with Crippen LogP contribution in [0.3, 0.4) is 0 Å². The van der Waals surface area contributed by atoms with E-state index in [4.69, 9.17) is 14.2 Å². The molecule has 2 N–H and O–H groups in total. The van der Waals surface area contributed by atoms with Crippen molar-refractivity contribution >= 4 is 18.1 Å². The van der Waals surface area contributed by atoms with Gasteiger partial charge < -0.3 is 19.3 Å². The minimum Gasteiger partial charge on any atom is -0.512 e. The van der Waals surface area contributed by atoms with E-state index in [1.165, 1.54) is 39.3 Å². The quantitative estimate of drug-likeness (QED) is 0.202. The summed E-state index contributed by atoms with van der Waals surface area (Å²) in [6.45, 7) is 2.86. The lowest BCUT2D eigenvalue weighted by molar-refractivity contribution is -0.141. The van der Waals surface area contributed by atoms with Gasteiger partial charge in [-0.05, 0) is 38.1 Å². The van der Waals surface area contributed by atoms with E-state index >= 15 is 0 Å². The van der Waals surface area contributed by atoms with Crippen LogP contribution in [0.4, 0.5) is 19.1 Å². The van der Waals surface area contributed by atoms with Gasteiger partial charge in [-0.25, -0.2) is 20.2 Å². The van der Waals surface area contributed by atoms with E-state index in [2.05, 4.69) is 20.5 Å². The number of allylic oxidation sites excluding steroid dienone is 1. The van der Waals surface area contributed by atoms with Crippen LogP contribution < -0.4 is 14.9 Å². The van der Waals surface area contributed by atoms with E-state index < -0.39 is 23.8 Å². The molecule has 2 aromatic rings. The molecule has 12 heteroatoms. The summed E-state index contributed by atoms with van der Waals surface area (Å²) >= 11 is 0. The Morgan fingerprint density at radius 1 is 1.19 bits per heavy atom. The molecule has 0 saturated heterocycles. The molecule has 0 aliphatic carbocycles. The zero-order valence-electron chi connectivity index (χ0n) is 17.6. The molecule has 1 aromatic carbocycles. The van der Waals surface area contributed by atoms with Crippen LogP contribution in [-0.2, 0) is 15.7 Å². The molecular weight excluding hydrogens is 433 g/mol. The number of hydrogen-bond donors (Lipinski definition) is 2. The maximum atomic E-state index is 13.4. The molecule has 1 heterocycles. The van der Waals surface area contributed by atoms with Crippen LogP contribution in [0.25, 0.3) is 11.3 Å². The second kappa shape index (κ2) is 10.5. The summed E-state index contributed by atoms with van der Waals surface area (Å²) in [6, 6.07) is 5.27. The number of rotatable bonds is 8. The van der Waals surface area contributed by atoms with E-state index in [0.717, 1.165) is 12.3 Å². The number of aromatic nitrogens is 2. The summed E-state index contributed by atoms with van der Waals surface area (Å²) in [5.74, 6) is -1.03. The normalized spacial score (nSPS) is 12.3. The Balaban J connectivity index is 2.44. The number of hydrazone groups is 1. The van der Waals surface area contributed by atoms with Gasteiger partial charge in [0.15, 0.2) is 17.2 Å². The van der Waals surface area contributed by atoms with Gasteiger partial charge in [-0.2, -0.15) is 18.3 Å². The fourth-order valence-electron chi connectivity index (χ4n) is 2.44. The van der Waals surface area contributed by atoms with Crippen LogP contribution in [0, 0.1) is 0 Å². The molecule has 1 aromatic heterocycles.